The summed E-state index contributed by atoms with van der Waals surface area (Å²) in [4.78, 5) is 22.8. The number of nitro groups is 1. The number of rotatable bonds is 7. The molecule has 2 aromatic carbocycles. The summed E-state index contributed by atoms with van der Waals surface area (Å²) in [6, 6.07) is 13.7. The summed E-state index contributed by atoms with van der Waals surface area (Å²) in [5.41, 5.74) is 2.33. The predicted octanol–water partition coefficient (Wildman–Crippen LogP) is 4.16. The Hall–Kier alpha value is -3.00. The number of non-ortho nitro benzene ring substituents is 1. The van der Waals surface area contributed by atoms with Crippen LogP contribution in [0.2, 0.25) is 0 Å². The number of thioether (sulfide) groups is 1. The van der Waals surface area contributed by atoms with Gasteiger partial charge in [-0.15, -0.1) is 10.2 Å². The molecule has 0 spiro atoms. The molecule has 0 fully saturated rings. The molecular weight excluding hydrogens is 364 g/mol. The third-order valence-corrected chi connectivity index (χ3v) is 5.10. The van der Waals surface area contributed by atoms with Crippen LogP contribution in [0.1, 0.15) is 22.8 Å². The topological polar surface area (TPSA) is 90.9 Å². The number of Topliss-reactive ketones (excluding diaryl/α,β-unsaturated/α-hetero) is 1. The van der Waals surface area contributed by atoms with E-state index in [1.165, 1.54) is 30.0 Å². The minimum Gasteiger partial charge on any atom is -0.302 e. The van der Waals surface area contributed by atoms with E-state index >= 15 is 0 Å². The van der Waals surface area contributed by atoms with Crippen LogP contribution in [0.5, 0.6) is 0 Å². The Bertz CT molecular complexity index is 1000. The van der Waals surface area contributed by atoms with Gasteiger partial charge in [0.05, 0.1) is 10.7 Å². The number of nitro benzene ring substituents is 1. The van der Waals surface area contributed by atoms with Crippen LogP contribution in [0.25, 0.3) is 11.4 Å². The lowest BCUT2D eigenvalue weighted by Crippen LogP contribution is -2.06. The van der Waals surface area contributed by atoms with Crippen LogP contribution in [0.3, 0.4) is 0 Å². The van der Waals surface area contributed by atoms with Crippen molar-refractivity contribution in [1.82, 2.24) is 14.8 Å². The van der Waals surface area contributed by atoms with E-state index < -0.39 is 4.92 Å². The van der Waals surface area contributed by atoms with Gasteiger partial charge in [0.2, 0.25) is 0 Å². The van der Waals surface area contributed by atoms with Crippen molar-refractivity contribution >= 4 is 23.2 Å². The van der Waals surface area contributed by atoms with Gasteiger partial charge in [-0.25, -0.2) is 0 Å². The lowest BCUT2D eigenvalue weighted by Gasteiger charge is -2.09. The monoisotopic (exact) mass is 382 g/mol. The number of aromatic nitrogens is 3. The average molecular weight is 382 g/mol. The largest absolute Gasteiger partial charge is 0.302 e. The molecule has 3 rings (SSSR count). The third-order valence-electron chi connectivity index (χ3n) is 4.13. The molecule has 0 radical (unpaired) electrons. The molecule has 0 saturated heterocycles. The highest BCUT2D eigenvalue weighted by Crippen LogP contribution is 2.26. The lowest BCUT2D eigenvalue weighted by atomic mass is 10.1. The van der Waals surface area contributed by atoms with E-state index in [9.17, 15) is 14.9 Å². The van der Waals surface area contributed by atoms with Gasteiger partial charge < -0.3 is 4.57 Å². The number of carbonyl (C=O) groups excluding carboxylic acids is 1. The van der Waals surface area contributed by atoms with Crippen molar-refractivity contribution in [2.75, 3.05) is 5.75 Å². The summed E-state index contributed by atoms with van der Waals surface area (Å²) in [5.74, 6) is 0.709. The van der Waals surface area contributed by atoms with Gasteiger partial charge in [0.25, 0.3) is 5.69 Å². The molecule has 1 aromatic heterocycles. The number of hydrogen-bond acceptors (Lipinski definition) is 6. The summed E-state index contributed by atoms with van der Waals surface area (Å²) in [6.45, 7) is 4.68. The predicted molar refractivity (Wildman–Crippen MR) is 104 cm³/mol. The molecule has 0 N–H and O–H groups in total. The second-order valence-corrected chi connectivity index (χ2v) is 6.83. The van der Waals surface area contributed by atoms with Crippen LogP contribution in [-0.2, 0) is 6.54 Å². The van der Waals surface area contributed by atoms with Crippen molar-refractivity contribution in [2.24, 2.45) is 0 Å². The van der Waals surface area contributed by atoms with Crippen LogP contribution in [0, 0.1) is 17.0 Å². The zero-order chi connectivity index (χ0) is 19.4. The van der Waals surface area contributed by atoms with Crippen LogP contribution in [-0.4, -0.2) is 31.2 Å². The van der Waals surface area contributed by atoms with Crippen molar-refractivity contribution in [3.05, 3.63) is 69.8 Å². The lowest BCUT2D eigenvalue weighted by molar-refractivity contribution is -0.384. The second kappa shape index (κ2) is 8.13. The third kappa shape index (κ3) is 4.06. The van der Waals surface area contributed by atoms with Gasteiger partial charge in [-0.2, -0.15) is 0 Å². The molecule has 27 heavy (non-hydrogen) atoms. The zero-order valence-corrected chi connectivity index (χ0v) is 15.8. The van der Waals surface area contributed by atoms with Gasteiger partial charge in [0.15, 0.2) is 16.8 Å². The Kier molecular flexibility index (Phi) is 5.66. The molecule has 0 aliphatic carbocycles. The maximum absolute atomic E-state index is 12.4. The Morgan fingerprint density at radius 1 is 1.19 bits per heavy atom. The molecule has 7 nitrogen and oxygen atoms in total. The van der Waals surface area contributed by atoms with E-state index in [0.717, 1.165) is 17.0 Å². The Balaban J connectivity index is 1.79. The molecule has 1 heterocycles. The highest BCUT2D eigenvalue weighted by Gasteiger charge is 2.17. The first kappa shape index (κ1) is 18.8. The number of nitrogens with zero attached hydrogens (tertiary/aromatic N) is 4. The summed E-state index contributed by atoms with van der Waals surface area (Å²) in [5, 5.41) is 20.0. The van der Waals surface area contributed by atoms with E-state index in [-0.39, 0.29) is 17.2 Å². The molecule has 0 aliphatic heterocycles. The van der Waals surface area contributed by atoms with Gasteiger partial charge in [-0.05, 0) is 19.4 Å². The van der Waals surface area contributed by atoms with Gasteiger partial charge >= 0.3 is 0 Å². The number of hydrogen-bond donors (Lipinski definition) is 0. The first-order chi connectivity index (χ1) is 13.0. The highest BCUT2D eigenvalue weighted by atomic mass is 32.2. The highest BCUT2D eigenvalue weighted by molar-refractivity contribution is 7.99. The maximum atomic E-state index is 12.4. The Morgan fingerprint density at radius 3 is 2.67 bits per heavy atom. The summed E-state index contributed by atoms with van der Waals surface area (Å²) < 4.78 is 1.97. The van der Waals surface area contributed by atoms with E-state index in [1.54, 1.807) is 6.07 Å². The van der Waals surface area contributed by atoms with E-state index in [4.69, 9.17) is 0 Å². The fraction of sp³-hybridized carbons (Fsp3) is 0.211. The molecule has 0 atom stereocenters. The molecule has 0 aliphatic rings. The standard InChI is InChI=1S/C19H18N4O3S/c1-3-22-18(16-10-5-4-7-13(16)2)20-21-19(22)27-12-17(24)14-8-6-9-15(11-14)23(25)26/h4-11H,3,12H2,1-2H3. The Morgan fingerprint density at radius 2 is 1.96 bits per heavy atom. The first-order valence-electron chi connectivity index (χ1n) is 8.41. The summed E-state index contributed by atoms with van der Waals surface area (Å²) in [7, 11) is 0. The molecule has 0 unspecified atom stereocenters. The number of ketones is 1. The molecule has 0 amide bonds. The molecule has 138 valence electrons. The zero-order valence-electron chi connectivity index (χ0n) is 15.0. The van der Waals surface area contributed by atoms with Crippen LogP contribution >= 0.6 is 11.8 Å². The van der Waals surface area contributed by atoms with Crippen molar-refractivity contribution < 1.29 is 9.72 Å². The van der Waals surface area contributed by atoms with Gasteiger partial charge in [0.1, 0.15) is 0 Å². The number of carbonyl (C=O) groups is 1. The van der Waals surface area contributed by atoms with Crippen molar-refractivity contribution in [1.29, 1.82) is 0 Å². The van der Waals surface area contributed by atoms with Gasteiger partial charge in [-0.3, -0.25) is 14.9 Å². The minimum absolute atomic E-state index is 0.0931. The fourth-order valence-corrected chi connectivity index (χ4v) is 3.61. The fourth-order valence-electron chi connectivity index (χ4n) is 2.71. The van der Waals surface area contributed by atoms with E-state index in [2.05, 4.69) is 10.2 Å². The smallest absolute Gasteiger partial charge is 0.270 e. The van der Waals surface area contributed by atoms with E-state index in [1.807, 2.05) is 42.7 Å². The summed E-state index contributed by atoms with van der Waals surface area (Å²) in [6.07, 6.45) is 0. The summed E-state index contributed by atoms with van der Waals surface area (Å²) >= 11 is 1.28. The maximum Gasteiger partial charge on any atom is 0.270 e. The Labute approximate surface area is 160 Å². The number of benzene rings is 2. The van der Waals surface area contributed by atoms with Gasteiger partial charge in [0, 0.05) is 29.8 Å². The quantitative estimate of drug-likeness (QED) is 0.264. The van der Waals surface area contributed by atoms with Crippen LogP contribution in [0.4, 0.5) is 5.69 Å². The SMILES string of the molecule is CCn1c(SCC(=O)c2cccc([N+](=O)[O-])c2)nnc1-c1ccccc1C. The normalized spacial score (nSPS) is 10.7. The van der Waals surface area contributed by atoms with Gasteiger partial charge in [-0.1, -0.05) is 48.2 Å². The van der Waals surface area contributed by atoms with E-state index in [0.29, 0.717) is 17.3 Å². The first-order valence-corrected chi connectivity index (χ1v) is 9.39. The molecule has 8 heteroatoms. The number of aryl methyl sites for hydroxylation is 1. The molecule has 3 aromatic rings. The van der Waals surface area contributed by atoms with Crippen LogP contribution < -0.4 is 0 Å². The van der Waals surface area contributed by atoms with Crippen molar-refractivity contribution in [3.63, 3.8) is 0 Å². The molecule has 0 saturated carbocycles. The average Bonchev–Trinajstić information content (AvgIpc) is 3.09. The van der Waals surface area contributed by atoms with Crippen molar-refractivity contribution in [2.45, 2.75) is 25.5 Å². The van der Waals surface area contributed by atoms with Crippen LogP contribution in [0.15, 0.2) is 53.7 Å². The molecule has 0 bridgehead atoms. The van der Waals surface area contributed by atoms with Crippen molar-refractivity contribution in [3.8, 4) is 11.4 Å². The minimum atomic E-state index is -0.508. The molecular formula is C19H18N4O3S. The second-order valence-electron chi connectivity index (χ2n) is 5.88.